The van der Waals surface area contributed by atoms with Gasteiger partial charge in [-0.2, -0.15) is 5.26 Å². The Hall–Kier alpha value is -13.5. The summed E-state index contributed by atoms with van der Waals surface area (Å²) in [4.78, 5) is 5.05. The van der Waals surface area contributed by atoms with Gasteiger partial charge in [-0.25, -0.2) is 0 Å². The van der Waals surface area contributed by atoms with Crippen LogP contribution in [0.4, 0.5) is 34.1 Å². The van der Waals surface area contributed by atoms with E-state index in [1.54, 1.807) is 4.57 Å². The third-order valence-electron chi connectivity index (χ3n) is 23.2. The highest BCUT2D eigenvalue weighted by molar-refractivity contribution is 7.00. The van der Waals surface area contributed by atoms with Crippen molar-refractivity contribution in [3.8, 4) is 89.6 Å². The predicted octanol–water partition coefficient (Wildman–Crippen LogP) is 25.7. The predicted molar refractivity (Wildman–Crippen MR) is 467 cm³/mol. The lowest BCUT2D eigenvalue weighted by Crippen LogP contribution is -2.61. The Morgan fingerprint density at radius 2 is 0.820 bits per heavy atom. The largest absolute Gasteiger partial charge is 0.310 e. The second kappa shape index (κ2) is 26.1. The summed E-state index contributed by atoms with van der Waals surface area (Å²) in [5.41, 5.74) is 28.3. The quantitative estimate of drug-likeness (QED) is 0.121. The third-order valence-corrected chi connectivity index (χ3v) is 23.2. The van der Waals surface area contributed by atoms with Gasteiger partial charge in [-0.3, -0.25) is 0 Å². The molecule has 3 heterocycles. The number of rotatable bonds is 11. The van der Waals surface area contributed by atoms with Crippen molar-refractivity contribution in [1.82, 2.24) is 4.57 Å². The van der Waals surface area contributed by atoms with Gasteiger partial charge >= 0.3 is 0 Å². The number of hydrogen-bond donors (Lipinski definition) is 0. The molecule has 17 aromatic rings. The van der Waals surface area contributed by atoms with Crippen LogP contribution in [0.15, 0.2) is 370 Å². The molecule has 0 N–H and O–H groups in total. The molecule has 0 atom stereocenters. The van der Waals surface area contributed by atoms with Crippen LogP contribution in [0.25, 0.3) is 105 Å². The summed E-state index contributed by atoms with van der Waals surface area (Å²) in [6.45, 7) is 13.1. The Balaban J connectivity index is 1.01. The lowest BCUT2D eigenvalue weighted by atomic mass is 9.33. The summed E-state index contributed by atoms with van der Waals surface area (Å²) in [5, 5.41) is 10.7. The topological polar surface area (TPSA) is 35.2 Å². The molecule has 0 unspecified atom stereocenters. The van der Waals surface area contributed by atoms with E-state index in [2.05, 4.69) is 361 Å². The second-order valence-electron chi connectivity index (χ2n) is 31.6. The summed E-state index contributed by atoms with van der Waals surface area (Å²) in [6.07, 6.45) is 0. The molecule has 5 heteroatoms. The number of benzene rings is 16. The van der Waals surface area contributed by atoms with Crippen LogP contribution in [0.2, 0.25) is 0 Å². The van der Waals surface area contributed by atoms with Gasteiger partial charge in [0.15, 0.2) is 0 Å². The average Bonchev–Trinajstić information content (AvgIpc) is 1.35. The molecular weight excluding hydrogens is 1340 g/mol. The number of aromatic nitrogens is 1. The van der Waals surface area contributed by atoms with E-state index in [0.29, 0.717) is 5.69 Å². The van der Waals surface area contributed by atoms with Gasteiger partial charge in [-0.05, 0) is 171 Å². The SMILES string of the molecule is [2H]c1c([2H])c([2H])c2c(c1[2H])c1c([2H])c(C#N)c([2H])c([2H])c1n2-c1ccc2c(c1)N(c1c(-c3ccccc3)cccc1-c1ccccc1)c1cc(-c3cccc4c3C(c3ccccc3)(c3ccccc3)c3ccccc3-4)cc3c1B2c1cc(-c2cc(C(C)(C)C)cc(C(C)(C)C)c2)ccc1N3c1c(-c2ccccc2)cccc1-c1ccccc1. The summed E-state index contributed by atoms with van der Waals surface area (Å²) < 4.78 is 69.4. The lowest BCUT2D eigenvalue weighted by Gasteiger charge is -2.46. The van der Waals surface area contributed by atoms with Crippen LogP contribution in [0.3, 0.4) is 0 Å². The second-order valence-corrected chi connectivity index (χ2v) is 31.6. The van der Waals surface area contributed by atoms with E-state index in [4.69, 9.17) is 0 Å². The van der Waals surface area contributed by atoms with Gasteiger partial charge < -0.3 is 14.4 Å². The highest BCUT2D eigenvalue weighted by Gasteiger charge is 2.50. The molecule has 0 spiro atoms. The van der Waals surface area contributed by atoms with Gasteiger partial charge in [0, 0.05) is 61.5 Å². The monoisotopic (exact) mass is 1430 g/mol. The molecule has 2 aliphatic heterocycles. The van der Waals surface area contributed by atoms with Crippen molar-refractivity contribution >= 4 is 79.0 Å². The van der Waals surface area contributed by atoms with Crippen molar-refractivity contribution in [3.05, 3.63) is 409 Å². The molecule has 3 aliphatic rings. The van der Waals surface area contributed by atoms with E-state index in [1.165, 1.54) is 16.7 Å². The van der Waals surface area contributed by atoms with Gasteiger partial charge in [0.2, 0.25) is 0 Å². The number of nitrogens with zero attached hydrogens (tertiary/aromatic N) is 4. The summed E-state index contributed by atoms with van der Waals surface area (Å²) in [5.74, 6) is 0. The number of hydrogen-bond acceptors (Lipinski definition) is 3. The molecule has 0 saturated carbocycles. The van der Waals surface area contributed by atoms with Gasteiger partial charge in [0.05, 0.1) is 49.1 Å². The Kier molecular flexibility index (Phi) is 14.0. The zero-order valence-electron chi connectivity index (χ0n) is 69.5. The van der Waals surface area contributed by atoms with E-state index in [-0.39, 0.29) is 38.2 Å². The Morgan fingerprint density at radius 3 is 1.35 bits per heavy atom. The molecule has 0 fully saturated rings. The minimum Gasteiger partial charge on any atom is -0.310 e. The Bertz CT molecular complexity index is 6860. The number of fused-ring (bicyclic) bond motifs is 10. The Labute approximate surface area is 660 Å². The summed E-state index contributed by atoms with van der Waals surface area (Å²) in [6, 6.07) is 118. The van der Waals surface area contributed by atoms with E-state index in [9.17, 15) is 14.9 Å². The lowest BCUT2D eigenvalue weighted by molar-refractivity contribution is 0.569. The first kappa shape index (κ1) is 59.5. The van der Waals surface area contributed by atoms with Crippen molar-refractivity contribution in [2.24, 2.45) is 0 Å². The average molecular weight is 1430 g/mol. The van der Waals surface area contributed by atoms with Crippen LogP contribution in [-0.4, -0.2) is 11.3 Å². The fourth-order valence-corrected chi connectivity index (χ4v) is 18.1. The van der Waals surface area contributed by atoms with E-state index < -0.39 is 54.4 Å². The standard InChI is InChI=1S/C106H79BN4/c1-104(2,3)79-61-75(62-80(66-79)105(4,5)6)74-55-59-96-93(63-74)107-92-57-56-81(109-94-53-28-26-45-88(94)90-60-69(68-108)54-58-95(90)109)67-97(92)111(103-85(72-36-17-9-18-37-72)49-31-50-86(103)73-38-19-10-20-39-73)99-65-76(64-98(101(99)107)110(96)102-83(70-32-13-7-14-33-70)47-30-48-84(102)71-34-15-8-16-35-71)82-46-29-51-89-87-44-25-27-52-91(87)106(100(82)89,77-40-21-11-22-41-77)78-42-23-12-24-43-78/h7-67H,1-6H3/i26D,28D,45D,53D,54D,58D,60D. The van der Waals surface area contributed by atoms with E-state index in [1.807, 2.05) is 24.3 Å². The zero-order valence-corrected chi connectivity index (χ0v) is 62.5. The molecule has 111 heavy (non-hydrogen) atoms. The van der Waals surface area contributed by atoms with E-state index >= 15 is 0 Å². The van der Waals surface area contributed by atoms with Crippen molar-refractivity contribution in [2.45, 2.75) is 57.8 Å². The first-order valence-electron chi connectivity index (χ1n) is 41.7. The molecular formula is C106H79BN4. The smallest absolute Gasteiger partial charge is 0.252 e. The maximum absolute atomic E-state index is 10.8. The van der Waals surface area contributed by atoms with Crippen LogP contribution in [0, 0.1) is 11.3 Å². The fraction of sp³-hybridized carbons (Fsp3) is 0.0849. The van der Waals surface area contributed by atoms with Gasteiger partial charge in [-0.15, -0.1) is 0 Å². The number of anilines is 6. The van der Waals surface area contributed by atoms with Crippen LogP contribution >= 0.6 is 0 Å². The first-order chi connectivity index (χ1) is 57.2. The number of nitriles is 1. The summed E-state index contributed by atoms with van der Waals surface area (Å²) >= 11 is 0. The minimum absolute atomic E-state index is 0.0129. The molecule has 0 radical (unpaired) electrons. The van der Waals surface area contributed by atoms with Gasteiger partial charge in [0.1, 0.15) is 0 Å². The van der Waals surface area contributed by atoms with Crippen LogP contribution in [0.5, 0.6) is 0 Å². The van der Waals surface area contributed by atoms with Crippen LogP contribution in [-0.2, 0) is 16.2 Å². The molecule has 0 bridgehead atoms. The van der Waals surface area contributed by atoms with Crippen LogP contribution < -0.4 is 26.2 Å². The van der Waals surface area contributed by atoms with Crippen LogP contribution in [0.1, 0.15) is 90.1 Å². The van der Waals surface area contributed by atoms with Gasteiger partial charge in [-0.1, -0.05) is 357 Å². The zero-order chi connectivity index (χ0) is 80.9. The fourth-order valence-electron chi connectivity index (χ4n) is 18.1. The highest BCUT2D eigenvalue weighted by atomic mass is 15.2. The van der Waals surface area contributed by atoms with Gasteiger partial charge in [0.25, 0.3) is 6.71 Å². The Morgan fingerprint density at radius 1 is 0.351 bits per heavy atom. The third kappa shape index (κ3) is 10.7. The minimum atomic E-state index is -0.859. The number of para-hydroxylation sites is 3. The van der Waals surface area contributed by atoms with Crippen molar-refractivity contribution in [1.29, 1.82) is 5.26 Å². The normalized spacial score (nSPS) is 14.0. The highest BCUT2D eigenvalue weighted by Crippen LogP contribution is 2.61. The maximum atomic E-state index is 10.8. The maximum Gasteiger partial charge on any atom is 0.252 e. The van der Waals surface area contributed by atoms with Crippen molar-refractivity contribution < 1.29 is 9.60 Å². The molecule has 4 nitrogen and oxygen atoms in total. The van der Waals surface area contributed by atoms with Crippen molar-refractivity contribution in [2.75, 3.05) is 9.80 Å². The molecule has 1 aliphatic carbocycles. The van der Waals surface area contributed by atoms with E-state index in [0.717, 1.165) is 145 Å². The molecule has 0 saturated heterocycles. The van der Waals surface area contributed by atoms with Crippen molar-refractivity contribution in [3.63, 3.8) is 0 Å². The summed E-state index contributed by atoms with van der Waals surface area (Å²) in [7, 11) is 0. The molecule has 16 aromatic carbocycles. The first-order valence-corrected chi connectivity index (χ1v) is 38.2. The molecule has 1 aromatic heterocycles. The molecule has 526 valence electrons. The molecule has 0 amide bonds. The molecule has 20 rings (SSSR count).